The molecule has 0 aromatic heterocycles. The summed E-state index contributed by atoms with van der Waals surface area (Å²) in [6, 6.07) is 9.33. The number of halogens is 3. The van der Waals surface area contributed by atoms with E-state index in [1.54, 1.807) is 39.0 Å². The molecule has 0 bridgehead atoms. The standard InChI is InChI=1S/C18H16F3NO3S/c1-17(2,3)25-16(23)22-14-7-5-4-6-12(14)13-10-11(18(19,20)21)8-9-15(13)26(22)24/h4-10H,1-3H3. The first-order chi connectivity index (χ1) is 12.0. The number of anilines is 1. The van der Waals surface area contributed by atoms with Crippen molar-refractivity contribution in [1.29, 1.82) is 0 Å². The molecule has 1 aliphatic rings. The molecule has 1 amide bonds. The molecule has 2 aromatic rings. The number of carbonyl (C=O) groups is 1. The Morgan fingerprint density at radius 2 is 1.69 bits per heavy atom. The molecule has 26 heavy (non-hydrogen) atoms. The Hall–Kier alpha value is -2.35. The molecule has 1 heterocycles. The van der Waals surface area contributed by atoms with Crippen LogP contribution in [-0.2, 0) is 21.9 Å². The van der Waals surface area contributed by atoms with Gasteiger partial charge in [0.15, 0.2) is 11.0 Å². The van der Waals surface area contributed by atoms with Crippen molar-refractivity contribution in [1.82, 2.24) is 0 Å². The molecule has 0 radical (unpaired) electrons. The van der Waals surface area contributed by atoms with Gasteiger partial charge in [-0.2, -0.15) is 17.5 Å². The average molecular weight is 383 g/mol. The van der Waals surface area contributed by atoms with E-state index in [9.17, 15) is 22.2 Å². The number of fused-ring (bicyclic) bond motifs is 3. The van der Waals surface area contributed by atoms with E-state index in [1.807, 2.05) is 0 Å². The summed E-state index contributed by atoms with van der Waals surface area (Å²) < 4.78 is 58.4. The number of alkyl halides is 3. The molecule has 0 saturated carbocycles. The average Bonchev–Trinajstić information content (AvgIpc) is 2.52. The second kappa shape index (κ2) is 6.12. The van der Waals surface area contributed by atoms with Crippen LogP contribution >= 0.6 is 0 Å². The monoisotopic (exact) mass is 383 g/mol. The lowest BCUT2D eigenvalue weighted by molar-refractivity contribution is -0.137. The van der Waals surface area contributed by atoms with E-state index in [0.29, 0.717) is 5.56 Å². The fourth-order valence-corrected chi connectivity index (χ4v) is 3.85. The van der Waals surface area contributed by atoms with E-state index >= 15 is 0 Å². The minimum Gasteiger partial charge on any atom is -0.443 e. The largest absolute Gasteiger partial charge is 0.443 e. The Labute approximate surface area is 151 Å². The number of rotatable bonds is 0. The lowest BCUT2D eigenvalue weighted by atomic mass is 10.0. The van der Waals surface area contributed by atoms with Crippen molar-refractivity contribution in [3.63, 3.8) is 0 Å². The van der Waals surface area contributed by atoms with Gasteiger partial charge in [0, 0.05) is 11.1 Å². The highest BCUT2D eigenvalue weighted by Crippen LogP contribution is 2.44. The first kappa shape index (κ1) is 18.4. The zero-order valence-electron chi connectivity index (χ0n) is 14.3. The molecule has 8 heteroatoms. The maximum atomic E-state index is 13.1. The van der Waals surface area contributed by atoms with Crippen molar-refractivity contribution in [2.45, 2.75) is 37.4 Å². The summed E-state index contributed by atoms with van der Waals surface area (Å²) >= 11 is 0. The highest BCUT2D eigenvalue weighted by molar-refractivity contribution is 7.87. The zero-order chi connectivity index (χ0) is 19.3. The summed E-state index contributed by atoms with van der Waals surface area (Å²) in [7, 11) is -2.02. The van der Waals surface area contributed by atoms with Gasteiger partial charge in [0.2, 0.25) is 0 Å². The number of hydrogen-bond acceptors (Lipinski definition) is 3. The van der Waals surface area contributed by atoms with Gasteiger partial charge in [0.05, 0.1) is 16.1 Å². The van der Waals surface area contributed by atoms with Crippen molar-refractivity contribution in [3.05, 3.63) is 48.0 Å². The normalized spacial score (nSPS) is 16.7. The molecule has 0 aliphatic carbocycles. The summed E-state index contributed by atoms with van der Waals surface area (Å²) in [6.07, 6.45) is -5.35. The maximum absolute atomic E-state index is 13.1. The summed E-state index contributed by atoms with van der Waals surface area (Å²) in [5.74, 6) is 0. The van der Waals surface area contributed by atoms with Gasteiger partial charge in [-0.15, -0.1) is 0 Å². The van der Waals surface area contributed by atoms with Crippen molar-refractivity contribution in [2.75, 3.05) is 4.31 Å². The minimum atomic E-state index is -4.52. The van der Waals surface area contributed by atoms with Crippen LogP contribution < -0.4 is 4.31 Å². The zero-order valence-corrected chi connectivity index (χ0v) is 15.1. The highest BCUT2D eigenvalue weighted by Gasteiger charge is 2.38. The first-order valence-electron chi connectivity index (χ1n) is 7.75. The minimum absolute atomic E-state index is 0.127. The molecule has 4 nitrogen and oxygen atoms in total. The molecule has 0 saturated heterocycles. The predicted octanol–water partition coefficient (Wildman–Crippen LogP) is 5.15. The van der Waals surface area contributed by atoms with Crippen molar-refractivity contribution >= 4 is 22.8 Å². The van der Waals surface area contributed by atoms with Gasteiger partial charge in [-0.3, -0.25) is 0 Å². The van der Waals surface area contributed by atoms with E-state index in [1.165, 1.54) is 6.07 Å². The molecule has 0 spiro atoms. The number of nitrogens with zero attached hydrogens (tertiary/aromatic N) is 1. The molecule has 1 unspecified atom stereocenters. The van der Waals surface area contributed by atoms with Gasteiger partial charge >= 0.3 is 12.3 Å². The van der Waals surface area contributed by atoms with E-state index in [0.717, 1.165) is 22.5 Å². The number of carbonyl (C=O) groups excluding carboxylic acids is 1. The third-order valence-corrected chi connectivity index (χ3v) is 5.04. The Morgan fingerprint density at radius 1 is 1.04 bits per heavy atom. The first-order valence-corrected chi connectivity index (χ1v) is 8.85. The fraction of sp³-hybridized carbons (Fsp3) is 0.278. The molecule has 138 valence electrons. The Balaban J connectivity index is 2.16. The maximum Gasteiger partial charge on any atom is 0.427 e. The van der Waals surface area contributed by atoms with Crippen LogP contribution in [-0.4, -0.2) is 15.9 Å². The second-order valence-electron chi connectivity index (χ2n) is 6.75. The van der Waals surface area contributed by atoms with Gasteiger partial charge in [-0.05, 0) is 45.0 Å². The molecule has 1 aliphatic heterocycles. The van der Waals surface area contributed by atoms with E-state index in [2.05, 4.69) is 0 Å². The second-order valence-corrected chi connectivity index (χ2v) is 8.05. The number of ether oxygens (including phenoxy) is 1. The Morgan fingerprint density at radius 3 is 2.31 bits per heavy atom. The van der Waals surface area contributed by atoms with E-state index in [-0.39, 0.29) is 16.1 Å². The number of benzene rings is 2. The fourth-order valence-electron chi connectivity index (χ4n) is 2.60. The molecule has 0 N–H and O–H groups in total. The van der Waals surface area contributed by atoms with Crippen molar-refractivity contribution in [2.24, 2.45) is 0 Å². The summed E-state index contributed by atoms with van der Waals surface area (Å²) in [6.45, 7) is 5.02. The molecular formula is C18H16F3NO3S. The third-order valence-electron chi connectivity index (χ3n) is 3.63. The van der Waals surface area contributed by atoms with E-state index in [4.69, 9.17) is 4.74 Å². The van der Waals surface area contributed by atoms with Crippen LogP contribution in [0.1, 0.15) is 26.3 Å². The smallest absolute Gasteiger partial charge is 0.427 e. The van der Waals surface area contributed by atoms with Gasteiger partial charge in [-0.1, -0.05) is 18.2 Å². The van der Waals surface area contributed by atoms with Crippen molar-refractivity contribution in [3.8, 4) is 11.1 Å². The van der Waals surface area contributed by atoms with Crippen LogP contribution in [0.3, 0.4) is 0 Å². The van der Waals surface area contributed by atoms with Gasteiger partial charge in [0.1, 0.15) is 5.60 Å². The van der Waals surface area contributed by atoms with Crippen molar-refractivity contribution < 1.29 is 26.9 Å². The molecular weight excluding hydrogens is 367 g/mol. The topological polar surface area (TPSA) is 46.6 Å². The van der Waals surface area contributed by atoms with Gasteiger partial charge < -0.3 is 4.74 Å². The van der Waals surface area contributed by atoms with Crippen LogP contribution in [0, 0.1) is 0 Å². The number of hydrogen-bond donors (Lipinski definition) is 0. The Kier molecular flexibility index (Phi) is 4.34. The van der Waals surface area contributed by atoms with Crippen LogP contribution in [0.4, 0.5) is 23.7 Å². The van der Waals surface area contributed by atoms with E-state index < -0.39 is 34.4 Å². The SMILES string of the molecule is CC(C)(C)OC(=O)N1c2ccccc2-c2cc(C(F)(F)F)ccc2S1=O. The summed E-state index contributed by atoms with van der Waals surface area (Å²) in [5, 5.41) is 0. The lowest BCUT2D eigenvalue weighted by Gasteiger charge is -2.31. The Bertz CT molecular complexity index is 903. The van der Waals surface area contributed by atoms with Crippen LogP contribution in [0.2, 0.25) is 0 Å². The van der Waals surface area contributed by atoms with Crippen LogP contribution in [0.15, 0.2) is 47.4 Å². The summed E-state index contributed by atoms with van der Waals surface area (Å²) in [5.41, 5.74) is -0.829. The predicted molar refractivity (Wildman–Crippen MR) is 92.0 cm³/mol. The summed E-state index contributed by atoms with van der Waals surface area (Å²) in [4.78, 5) is 12.7. The van der Waals surface area contributed by atoms with Gasteiger partial charge in [0.25, 0.3) is 0 Å². The molecule has 1 atom stereocenters. The molecule has 0 fully saturated rings. The number of amides is 1. The van der Waals surface area contributed by atoms with Crippen LogP contribution in [0.25, 0.3) is 11.1 Å². The van der Waals surface area contributed by atoms with Crippen LogP contribution in [0.5, 0.6) is 0 Å². The number of para-hydroxylation sites is 1. The molecule has 3 rings (SSSR count). The molecule has 2 aromatic carbocycles. The highest BCUT2D eigenvalue weighted by atomic mass is 32.2. The quantitative estimate of drug-likeness (QED) is 0.632. The van der Waals surface area contributed by atoms with Gasteiger partial charge in [-0.25, -0.2) is 9.00 Å². The third kappa shape index (κ3) is 3.33. The lowest BCUT2D eigenvalue weighted by Crippen LogP contribution is -2.39.